The molecule has 1 aromatic carbocycles. The first kappa shape index (κ1) is 14.2. The number of rotatable bonds is 5. The molecule has 0 aliphatic rings. The molecule has 0 spiro atoms. The Morgan fingerprint density at radius 2 is 1.94 bits per heavy atom. The van der Waals surface area contributed by atoms with Crippen LogP contribution in [0.15, 0.2) is 22.7 Å². The maximum atomic E-state index is 12.1. The van der Waals surface area contributed by atoms with Crippen LogP contribution in [0.5, 0.6) is 11.5 Å². The molecule has 0 radical (unpaired) electrons. The van der Waals surface area contributed by atoms with Crippen LogP contribution in [0.3, 0.4) is 0 Å². The molecule has 2 nitrogen and oxygen atoms in total. The van der Waals surface area contributed by atoms with E-state index in [1.807, 2.05) is 6.92 Å². The lowest BCUT2D eigenvalue weighted by Crippen LogP contribution is -2.17. The first-order valence-corrected chi connectivity index (χ1v) is 5.90. The van der Waals surface area contributed by atoms with Gasteiger partial charge in [0.15, 0.2) is 11.5 Å². The fraction of sp³-hybridized carbons (Fsp3) is 0.455. The molecule has 0 saturated carbocycles. The van der Waals surface area contributed by atoms with Gasteiger partial charge in [0.25, 0.3) is 0 Å². The van der Waals surface area contributed by atoms with Crippen molar-refractivity contribution in [3.63, 3.8) is 0 Å². The average molecular weight is 313 g/mol. The number of alkyl halides is 3. The molecule has 1 aromatic rings. The predicted octanol–water partition coefficient (Wildman–Crippen LogP) is 4.53. The van der Waals surface area contributed by atoms with Gasteiger partial charge in [-0.1, -0.05) is 29.3 Å². The molecule has 96 valence electrons. The van der Waals surface area contributed by atoms with Gasteiger partial charge in [-0.3, -0.25) is 0 Å². The smallest absolute Gasteiger partial charge is 0.490 e. The van der Waals surface area contributed by atoms with Crippen molar-refractivity contribution < 1.29 is 22.6 Å². The van der Waals surface area contributed by atoms with Gasteiger partial charge in [0, 0.05) is 4.47 Å². The molecule has 0 aromatic heterocycles. The highest BCUT2D eigenvalue weighted by atomic mass is 79.9. The van der Waals surface area contributed by atoms with Crippen molar-refractivity contribution in [3.8, 4) is 11.5 Å². The second kappa shape index (κ2) is 6.14. The van der Waals surface area contributed by atoms with Crippen LogP contribution in [-0.2, 0) is 0 Å². The third-order valence-corrected chi connectivity index (χ3v) is 2.38. The van der Waals surface area contributed by atoms with Crippen LogP contribution < -0.4 is 9.47 Å². The minimum atomic E-state index is -4.72. The highest BCUT2D eigenvalue weighted by Crippen LogP contribution is 2.34. The molecule has 0 aliphatic heterocycles. The monoisotopic (exact) mass is 312 g/mol. The molecule has 17 heavy (non-hydrogen) atoms. The van der Waals surface area contributed by atoms with Gasteiger partial charge in [-0.25, -0.2) is 0 Å². The first-order valence-electron chi connectivity index (χ1n) is 5.10. The molecule has 0 unspecified atom stereocenters. The second-order valence-corrected chi connectivity index (χ2v) is 4.26. The van der Waals surface area contributed by atoms with Gasteiger partial charge in [0.1, 0.15) is 0 Å². The van der Waals surface area contributed by atoms with E-state index in [0.717, 1.165) is 12.8 Å². The minimum absolute atomic E-state index is 0.0963. The average Bonchev–Trinajstić information content (AvgIpc) is 2.19. The van der Waals surface area contributed by atoms with E-state index in [0.29, 0.717) is 11.1 Å². The topological polar surface area (TPSA) is 18.5 Å². The minimum Gasteiger partial charge on any atom is -0.490 e. The van der Waals surface area contributed by atoms with E-state index in [2.05, 4.69) is 20.7 Å². The van der Waals surface area contributed by atoms with Crippen LogP contribution in [0.1, 0.15) is 19.8 Å². The largest absolute Gasteiger partial charge is 0.573 e. The molecule has 0 atom stereocenters. The van der Waals surface area contributed by atoms with Crippen molar-refractivity contribution in [3.05, 3.63) is 22.7 Å². The van der Waals surface area contributed by atoms with E-state index in [1.165, 1.54) is 12.1 Å². The lowest BCUT2D eigenvalue weighted by atomic mass is 10.3. The molecule has 1 rings (SSSR count). The number of ether oxygens (including phenoxy) is 2. The van der Waals surface area contributed by atoms with Crippen molar-refractivity contribution in [2.75, 3.05) is 6.61 Å². The summed E-state index contributed by atoms with van der Waals surface area (Å²) in [5.74, 6) is -0.234. The molecule has 0 N–H and O–H groups in total. The van der Waals surface area contributed by atoms with E-state index in [1.54, 1.807) is 6.07 Å². The van der Waals surface area contributed by atoms with Crippen molar-refractivity contribution in [1.29, 1.82) is 0 Å². The van der Waals surface area contributed by atoms with Gasteiger partial charge in [-0.2, -0.15) is 0 Å². The maximum Gasteiger partial charge on any atom is 0.573 e. The lowest BCUT2D eigenvalue weighted by molar-refractivity contribution is -0.275. The van der Waals surface area contributed by atoms with Crippen LogP contribution in [0.25, 0.3) is 0 Å². The predicted molar refractivity (Wildman–Crippen MR) is 61.2 cm³/mol. The van der Waals surface area contributed by atoms with Gasteiger partial charge in [-0.15, -0.1) is 13.2 Å². The fourth-order valence-electron chi connectivity index (χ4n) is 1.13. The molecular formula is C11H12BrF3O2. The van der Waals surface area contributed by atoms with E-state index in [9.17, 15) is 13.2 Å². The zero-order valence-corrected chi connectivity index (χ0v) is 10.8. The Labute approximate surface area is 106 Å². The summed E-state index contributed by atoms with van der Waals surface area (Å²) in [6.07, 6.45) is -3.03. The summed E-state index contributed by atoms with van der Waals surface area (Å²) >= 11 is 3.08. The molecular weight excluding hydrogens is 301 g/mol. The summed E-state index contributed by atoms with van der Waals surface area (Å²) < 4.78 is 46.1. The van der Waals surface area contributed by atoms with Crippen molar-refractivity contribution in [1.82, 2.24) is 0 Å². The lowest BCUT2D eigenvalue weighted by Gasteiger charge is -2.14. The van der Waals surface area contributed by atoms with E-state index in [4.69, 9.17) is 4.74 Å². The summed E-state index contributed by atoms with van der Waals surface area (Å²) in [4.78, 5) is 0. The third-order valence-electron chi connectivity index (χ3n) is 1.89. The van der Waals surface area contributed by atoms with Gasteiger partial charge in [0.2, 0.25) is 0 Å². The van der Waals surface area contributed by atoms with E-state index >= 15 is 0 Å². The van der Waals surface area contributed by atoms with Crippen LogP contribution in [0, 0.1) is 0 Å². The summed E-state index contributed by atoms with van der Waals surface area (Å²) in [5.41, 5.74) is 0. The normalized spacial score (nSPS) is 11.4. The molecule has 0 bridgehead atoms. The van der Waals surface area contributed by atoms with Crippen molar-refractivity contribution in [2.45, 2.75) is 26.1 Å². The molecule has 0 saturated heterocycles. The van der Waals surface area contributed by atoms with Gasteiger partial charge >= 0.3 is 6.36 Å². The number of unbranched alkanes of at least 4 members (excludes halogenated alkanes) is 1. The summed E-state index contributed by atoms with van der Waals surface area (Å²) in [5, 5.41) is 0. The van der Waals surface area contributed by atoms with Gasteiger partial charge in [-0.05, 0) is 24.6 Å². The Morgan fingerprint density at radius 3 is 2.53 bits per heavy atom. The Kier molecular flexibility index (Phi) is 5.11. The van der Waals surface area contributed by atoms with Gasteiger partial charge < -0.3 is 9.47 Å². The standard InChI is InChI=1S/C11H12BrF3O2/c1-2-3-6-16-9-5-4-8(12)7-10(9)17-11(13,14)15/h4-5,7H,2-3,6H2,1H3. The van der Waals surface area contributed by atoms with E-state index < -0.39 is 6.36 Å². The SMILES string of the molecule is CCCCOc1ccc(Br)cc1OC(F)(F)F. The molecule has 6 heteroatoms. The molecule has 0 amide bonds. The fourth-order valence-corrected chi connectivity index (χ4v) is 1.47. The summed E-state index contributed by atoms with van der Waals surface area (Å²) in [6, 6.07) is 4.28. The zero-order chi connectivity index (χ0) is 12.9. The van der Waals surface area contributed by atoms with Crippen LogP contribution >= 0.6 is 15.9 Å². The Bertz CT molecular complexity index is 366. The summed E-state index contributed by atoms with van der Waals surface area (Å²) in [7, 11) is 0. The molecule has 0 heterocycles. The van der Waals surface area contributed by atoms with E-state index in [-0.39, 0.29) is 11.5 Å². The highest BCUT2D eigenvalue weighted by Gasteiger charge is 2.32. The Hall–Kier alpha value is -0.910. The Balaban J connectivity index is 2.80. The molecule has 0 aliphatic carbocycles. The van der Waals surface area contributed by atoms with Gasteiger partial charge in [0.05, 0.1) is 6.61 Å². The quantitative estimate of drug-likeness (QED) is 0.744. The van der Waals surface area contributed by atoms with Crippen LogP contribution in [-0.4, -0.2) is 13.0 Å². The number of hydrogen-bond acceptors (Lipinski definition) is 2. The van der Waals surface area contributed by atoms with Crippen LogP contribution in [0.4, 0.5) is 13.2 Å². The summed E-state index contributed by atoms with van der Waals surface area (Å²) in [6.45, 7) is 2.34. The maximum absolute atomic E-state index is 12.1. The van der Waals surface area contributed by atoms with Crippen molar-refractivity contribution >= 4 is 15.9 Å². The number of halogens is 4. The number of benzene rings is 1. The highest BCUT2D eigenvalue weighted by molar-refractivity contribution is 9.10. The Morgan fingerprint density at radius 1 is 1.24 bits per heavy atom. The third kappa shape index (κ3) is 5.30. The molecule has 0 fully saturated rings. The zero-order valence-electron chi connectivity index (χ0n) is 9.18. The second-order valence-electron chi connectivity index (χ2n) is 3.34. The number of hydrogen-bond donors (Lipinski definition) is 0. The van der Waals surface area contributed by atoms with Crippen LogP contribution in [0.2, 0.25) is 0 Å². The first-order chi connectivity index (χ1) is 7.92. The van der Waals surface area contributed by atoms with Crippen molar-refractivity contribution in [2.24, 2.45) is 0 Å².